The Morgan fingerprint density at radius 2 is 1.64 bits per heavy atom. The molecule has 0 amide bonds. The molecular weight excluding hydrogens is 328 g/mol. The van der Waals surface area contributed by atoms with Crippen LogP contribution < -0.4 is 0 Å². The van der Waals surface area contributed by atoms with Crippen molar-refractivity contribution in [2.45, 2.75) is 45.4 Å². The van der Waals surface area contributed by atoms with Crippen molar-refractivity contribution in [3.8, 4) is 11.1 Å². The highest BCUT2D eigenvalue weighted by Gasteiger charge is 2.09. The maximum Gasteiger partial charge on any atom is 0.345 e. The van der Waals surface area contributed by atoms with Crippen LogP contribution >= 0.6 is 11.3 Å². The molecule has 0 atom stereocenters. The molecule has 0 bridgehead atoms. The molecule has 25 heavy (non-hydrogen) atoms. The Kier molecular flexibility index (Phi) is 5.87. The molecule has 0 aliphatic rings. The summed E-state index contributed by atoms with van der Waals surface area (Å²) >= 11 is 1.33. The van der Waals surface area contributed by atoms with Crippen LogP contribution in [0.5, 0.6) is 0 Å². The molecule has 1 N–H and O–H groups in total. The molecule has 0 unspecified atom stereocenters. The summed E-state index contributed by atoms with van der Waals surface area (Å²) in [6.07, 6.45) is 7.70. The van der Waals surface area contributed by atoms with Gasteiger partial charge in [0.25, 0.3) is 0 Å². The summed E-state index contributed by atoms with van der Waals surface area (Å²) in [5, 5.41) is 10.1. The first-order valence-corrected chi connectivity index (χ1v) is 9.85. The Balaban J connectivity index is 1.69. The molecule has 0 radical (unpaired) electrons. The molecule has 0 fully saturated rings. The van der Waals surface area contributed by atoms with Gasteiger partial charge in [0.2, 0.25) is 0 Å². The highest BCUT2D eigenvalue weighted by atomic mass is 32.1. The topological polar surface area (TPSA) is 37.3 Å². The van der Waals surface area contributed by atoms with Gasteiger partial charge in [0.15, 0.2) is 0 Å². The molecule has 0 saturated heterocycles. The summed E-state index contributed by atoms with van der Waals surface area (Å²) in [5.41, 5.74) is 3.71. The van der Waals surface area contributed by atoms with Crippen LogP contribution in [0.4, 0.5) is 0 Å². The lowest BCUT2D eigenvalue weighted by molar-refractivity contribution is 0.0702. The van der Waals surface area contributed by atoms with Crippen molar-refractivity contribution in [3.05, 3.63) is 59.0 Å². The minimum absolute atomic E-state index is 0.394. The number of carbonyl (C=O) groups is 1. The van der Waals surface area contributed by atoms with Crippen molar-refractivity contribution in [2.24, 2.45) is 0 Å². The van der Waals surface area contributed by atoms with Crippen LogP contribution in [0.1, 0.15) is 54.3 Å². The maximum absolute atomic E-state index is 11.1. The number of rotatable bonds is 8. The van der Waals surface area contributed by atoms with Crippen molar-refractivity contribution in [2.75, 3.05) is 0 Å². The average molecular weight is 352 g/mol. The highest BCUT2D eigenvalue weighted by Crippen LogP contribution is 2.30. The van der Waals surface area contributed by atoms with E-state index in [2.05, 4.69) is 43.3 Å². The number of hydrogen-bond acceptors (Lipinski definition) is 2. The van der Waals surface area contributed by atoms with Crippen LogP contribution in [0.3, 0.4) is 0 Å². The molecule has 0 aliphatic carbocycles. The first kappa shape index (κ1) is 17.7. The predicted octanol–water partition coefficient (Wildman–Crippen LogP) is 6.78. The standard InChI is InChI=1S/C22H24O2S/c1-2-3-4-5-6-7-16-8-10-17(11-9-16)18-12-13-20-19(14-18)15-21(25-20)22(23)24/h8-15H,2-7H2,1H3,(H,23,24). The van der Waals surface area contributed by atoms with Gasteiger partial charge in [0.05, 0.1) is 0 Å². The van der Waals surface area contributed by atoms with Crippen LogP contribution in [0.2, 0.25) is 0 Å². The van der Waals surface area contributed by atoms with Gasteiger partial charge in [-0.2, -0.15) is 0 Å². The molecule has 0 spiro atoms. The fourth-order valence-electron chi connectivity index (χ4n) is 3.12. The van der Waals surface area contributed by atoms with Gasteiger partial charge in [-0.15, -0.1) is 11.3 Å². The summed E-state index contributed by atoms with van der Waals surface area (Å²) in [6.45, 7) is 2.24. The van der Waals surface area contributed by atoms with E-state index in [0.717, 1.165) is 22.1 Å². The molecule has 3 heteroatoms. The lowest BCUT2D eigenvalue weighted by atomic mass is 10.00. The van der Waals surface area contributed by atoms with E-state index in [0.29, 0.717) is 4.88 Å². The summed E-state index contributed by atoms with van der Waals surface area (Å²) in [5.74, 6) is -0.856. The van der Waals surface area contributed by atoms with Crippen molar-refractivity contribution >= 4 is 27.4 Å². The third kappa shape index (κ3) is 4.49. The van der Waals surface area contributed by atoms with Crippen molar-refractivity contribution in [3.63, 3.8) is 0 Å². The molecule has 130 valence electrons. The molecule has 0 aliphatic heterocycles. The Morgan fingerprint density at radius 1 is 0.920 bits per heavy atom. The zero-order valence-electron chi connectivity index (χ0n) is 14.6. The van der Waals surface area contributed by atoms with E-state index < -0.39 is 5.97 Å². The second-order valence-electron chi connectivity index (χ2n) is 6.53. The van der Waals surface area contributed by atoms with E-state index in [-0.39, 0.29) is 0 Å². The molecule has 3 rings (SSSR count). The summed E-state index contributed by atoms with van der Waals surface area (Å²) in [6, 6.07) is 16.7. The number of unbranched alkanes of at least 4 members (excludes halogenated alkanes) is 4. The zero-order chi connectivity index (χ0) is 17.6. The third-order valence-corrected chi connectivity index (χ3v) is 5.69. The smallest absolute Gasteiger partial charge is 0.345 e. The van der Waals surface area contributed by atoms with Gasteiger partial charge in [0.1, 0.15) is 4.88 Å². The van der Waals surface area contributed by atoms with Gasteiger partial charge < -0.3 is 5.11 Å². The number of carboxylic acid groups (broad SMARTS) is 1. The fraction of sp³-hybridized carbons (Fsp3) is 0.318. The first-order chi connectivity index (χ1) is 12.2. The Hall–Kier alpha value is -2.13. The fourth-order valence-corrected chi connectivity index (χ4v) is 4.01. The summed E-state index contributed by atoms with van der Waals surface area (Å²) < 4.78 is 1.02. The number of aromatic carboxylic acids is 1. The molecule has 2 nitrogen and oxygen atoms in total. The quantitative estimate of drug-likeness (QED) is 0.454. The molecule has 0 saturated carbocycles. The van der Waals surface area contributed by atoms with Crippen LogP contribution in [0, 0.1) is 0 Å². The minimum atomic E-state index is -0.856. The molecule has 1 aromatic heterocycles. The maximum atomic E-state index is 11.1. The van der Waals surface area contributed by atoms with Crippen LogP contribution in [-0.4, -0.2) is 11.1 Å². The van der Waals surface area contributed by atoms with Crippen LogP contribution in [0.15, 0.2) is 48.5 Å². The first-order valence-electron chi connectivity index (χ1n) is 9.03. The zero-order valence-corrected chi connectivity index (χ0v) is 15.4. The van der Waals surface area contributed by atoms with Crippen molar-refractivity contribution in [1.29, 1.82) is 0 Å². The lowest BCUT2D eigenvalue weighted by Crippen LogP contribution is -1.89. The van der Waals surface area contributed by atoms with E-state index in [9.17, 15) is 4.79 Å². The van der Waals surface area contributed by atoms with E-state index in [1.807, 2.05) is 6.07 Å². The van der Waals surface area contributed by atoms with Gasteiger partial charge in [-0.3, -0.25) is 0 Å². The molecule has 1 heterocycles. The van der Waals surface area contributed by atoms with E-state index in [1.54, 1.807) is 6.07 Å². The van der Waals surface area contributed by atoms with Crippen molar-refractivity contribution in [1.82, 2.24) is 0 Å². The van der Waals surface area contributed by atoms with Gasteiger partial charge >= 0.3 is 5.97 Å². The van der Waals surface area contributed by atoms with E-state index >= 15 is 0 Å². The predicted molar refractivity (Wildman–Crippen MR) is 107 cm³/mol. The number of benzene rings is 2. The second kappa shape index (κ2) is 8.30. The Bertz CT molecular complexity index is 846. The Morgan fingerprint density at radius 3 is 2.36 bits per heavy atom. The normalized spacial score (nSPS) is 11.1. The number of fused-ring (bicyclic) bond motifs is 1. The average Bonchev–Trinajstić information content (AvgIpc) is 3.06. The van der Waals surface area contributed by atoms with E-state index in [1.165, 1.54) is 54.6 Å². The number of carboxylic acids is 1. The van der Waals surface area contributed by atoms with Crippen molar-refractivity contribution < 1.29 is 9.90 Å². The summed E-state index contributed by atoms with van der Waals surface area (Å²) in [7, 11) is 0. The van der Waals surface area contributed by atoms with Gasteiger partial charge in [-0.25, -0.2) is 4.79 Å². The van der Waals surface area contributed by atoms with Gasteiger partial charge in [-0.05, 0) is 53.1 Å². The lowest BCUT2D eigenvalue weighted by Gasteiger charge is -2.05. The SMILES string of the molecule is CCCCCCCc1ccc(-c2ccc3sc(C(=O)O)cc3c2)cc1. The highest BCUT2D eigenvalue weighted by molar-refractivity contribution is 7.20. The van der Waals surface area contributed by atoms with Crippen LogP contribution in [0.25, 0.3) is 21.2 Å². The van der Waals surface area contributed by atoms with Crippen LogP contribution in [-0.2, 0) is 6.42 Å². The molecular formula is C22H24O2S. The minimum Gasteiger partial charge on any atom is -0.477 e. The molecule has 3 aromatic rings. The van der Waals surface area contributed by atoms with Gasteiger partial charge in [0, 0.05) is 4.70 Å². The summed E-state index contributed by atoms with van der Waals surface area (Å²) in [4.78, 5) is 11.5. The number of aryl methyl sites for hydroxylation is 1. The number of thiophene rings is 1. The second-order valence-corrected chi connectivity index (χ2v) is 7.61. The molecule has 2 aromatic carbocycles. The Labute approximate surface area is 153 Å². The van der Waals surface area contributed by atoms with E-state index in [4.69, 9.17) is 5.11 Å². The monoisotopic (exact) mass is 352 g/mol. The van der Waals surface area contributed by atoms with Gasteiger partial charge in [-0.1, -0.05) is 62.9 Å². The number of hydrogen-bond donors (Lipinski definition) is 1. The third-order valence-electron chi connectivity index (χ3n) is 4.58. The largest absolute Gasteiger partial charge is 0.477 e.